The van der Waals surface area contributed by atoms with Gasteiger partial charge in [-0.05, 0) is 60.1 Å². The zero-order chi connectivity index (χ0) is 19.4. The number of benzene rings is 2. The highest BCUT2D eigenvalue weighted by atomic mass is 16.4. The lowest BCUT2D eigenvalue weighted by Crippen LogP contribution is -2.25. The number of hydrogen-bond acceptors (Lipinski definition) is 4. The minimum atomic E-state index is -0.542. The minimum absolute atomic E-state index is 0.542. The van der Waals surface area contributed by atoms with E-state index in [2.05, 4.69) is 65.0 Å². The normalized spacial score (nSPS) is 15.8. The Bertz CT molecular complexity index is 711. The van der Waals surface area contributed by atoms with Crippen LogP contribution in [0.5, 0.6) is 0 Å². The monoisotopic (exact) mass is 368 g/mol. The first-order valence-electron chi connectivity index (χ1n) is 9.81. The van der Waals surface area contributed by atoms with Crippen LogP contribution in [0.3, 0.4) is 0 Å². The van der Waals surface area contributed by atoms with Crippen LogP contribution < -0.4 is 9.80 Å². The van der Waals surface area contributed by atoms with Crippen molar-refractivity contribution in [2.24, 2.45) is 0 Å². The average molecular weight is 369 g/mol. The van der Waals surface area contributed by atoms with Crippen molar-refractivity contribution >= 4 is 11.4 Å². The van der Waals surface area contributed by atoms with Crippen LogP contribution in [0.1, 0.15) is 41.2 Å². The standard InChI is InChI=1S/C21H26N2O.C2H6O/c1-22-11-3-5-15-13-17(7-9-19(15)22)21(24)18-8-10-20-16(14-18)6-4-12-23(20)2;1-3-2/h7-10,13-14,21,24H,3-6,11-12H2,1-2H3;1-2H3. The van der Waals surface area contributed by atoms with Gasteiger partial charge in [0.25, 0.3) is 0 Å². The second kappa shape index (κ2) is 8.77. The highest BCUT2D eigenvalue weighted by molar-refractivity contribution is 5.59. The molecular weight excluding hydrogens is 336 g/mol. The predicted octanol–water partition coefficient (Wildman–Crippen LogP) is 3.80. The van der Waals surface area contributed by atoms with Gasteiger partial charge in [0.05, 0.1) is 0 Å². The summed E-state index contributed by atoms with van der Waals surface area (Å²) in [6, 6.07) is 12.9. The van der Waals surface area contributed by atoms with E-state index in [0.717, 1.165) is 37.1 Å². The lowest BCUT2D eigenvalue weighted by atomic mass is 9.92. The van der Waals surface area contributed by atoms with Crippen molar-refractivity contribution in [3.8, 4) is 0 Å². The van der Waals surface area contributed by atoms with Gasteiger partial charge in [-0.2, -0.15) is 0 Å². The molecule has 2 aliphatic heterocycles. The molecule has 0 atom stereocenters. The average Bonchev–Trinajstić information content (AvgIpc) is 2.68. The summed E-state index contributed by atoms with van der Waals surface area (Å²) >= 11 is 0. The summed E-state index contributed by atoms with van der Waals surface area (Å²) in [6.07, 6.45) is 4.05. The summed E-state index contributed by atoms with van der Waals surface area (Å²) in [4.78, 5) is 4.62. The third-order valence-corrected chi connectivity index (χ3v) is 5.54. The molecule has 0 amide bonds. The fraction of sp³-hybridized carbons (Fsp3) is 0.478. The van der Waals surface area contributed by atoms with Gasteiger partial charge in [-0.25, -0.2) is 0 Å². The van der Waals surface area contributed by atoms with Crippen LogP contribution in [0.2, 0.25) is 0 Å². The van der Waals surface area contributed by atoms with E-state index >= 15 is 0 Å². The van der Waals surface area contributed by atoms with Crippen molar-refractivity contribution in [2.45, 2.75) is 31.8 Å². The SMILES string of the molecule is CN1CCCc2cc(C(O)c3ccc4c(c3)CCCN4C)ccc21.COC. The summed E-state index contributed by atoms with van der Waals surface area (Å²) in [6.45, 7) is 2.24. The molecule has 4 nitrogen and oxygen atoms in total. The summed E-state index contributed by atoms with van der Waals surface area (Å²) in [5, 5.41) is 10.9. The van der Waals surface area contributed by atoms with E-state index in [9.17, 15) is 5.11 Å². The van der Waals surface area contributed by atoms with Gasteiger partial charge in [0.15, 0.2) is 0 Å². The Morgan fingerprint density at radius 3 is 1.63 bits per heavy atom. The Morgan fingerprint density at radius 2 is 1.22 bits per heavy atom. The molecular formula is C23H32N2O2. The van der Waals surface area contributed by atoms with Gasteiger partial charge in [-0.15, -0.1) is 0 Å². The van der Waals surface area contributed by atoms with Crippen LogP contribution >= 0.6 is 0 Å². The maximum absolute atomic E-state index is 10.9. The van der Waals surface area contributed by atoms with E-state index in [-0.39, 0.29) is 0 Å². The number of fused-ring (bicyclic) bond motifs is 2. The Hall–Kier alpha value is -2.04. The number of anilines is 2. The second-order valence-electron chi connectivity index (χ2n) is 7.64. The molecule has 2 aromatic carbocycles. The molecule has 4 rings (SSSR count). The quantitative estimate of drug-likeness (QED) is 0.875. The fourth-order valence-corrected chi connectivity index (χ4v) is 4.14. The number of rotatable bonds is 2. The second-order valence-corrected chi connectivity index (χ2v) is 7.64. The molecule has 146 valence electrons. The van der Waals surface area contributed by atoms with E-state index in [4.69, 9.17) is 0 Å². The molecule has 0 aromatic heterocycles. The number of aryl methyl sites for hydroxylation is 2. The van der Waals surface area contributed by atoms with Crippen LogP contribution in [0.25, 0.3) is 0 Å². The Kier molecular flexibility index (Phi) is 6.40. The summed E-state index contributed by atoms with van der Waals surface area (Å²) in [5.74, 6) is 0. The van der Waals surface area contributed by atoms with Gasteiger partial charge in [0.1, 0.15) is 6.10 Å². The molecule has 4 heteroatoms. The van der Waals surface area contributed by atoms with Crippen LogP contribution in [-0.2, 0) is 17.6 Å². The molecule has 0 saturated carbocycles. The molecule has 0 saturated heterocycles. The molecule has 0 unspecified atom stereocenters. The molecule has 2 aromatic rings. The van der Waals surface area contributed by atoms with E-state index in [1.165, 1.54) is 35.3 Å². The molecule has 0 aliphatic carbocycles. The number of hydrogen-bond donors (Lipinski definition) is 1. The van der Waals surface area contributed by atoms with Gasteiger partial charge in [0.2, 0.25) is 0 Å². The number of aliphatic hydroxyl groups excluding tert-OH is 1. The molecule has 0 bridgehead atoms. The molecule has 27 heavy (non-hydrogen) atoms. The predicted molar refractivity (Wildman–Crippen MR) is 113 cm³/mol. The zero-order valence-electron chi connectivity index (χ0n) is 17.0. The number of ether oxygens (including phenoxy) is 1. The van der Waals surface area contributed by atoms with Gasteiger partial charge in [0, 0.05) is 52.8 Å². The van der Waals surface area contributed by atoms with Crippen molar-refractivity contribution < 1.29 is 9.84 Å². The molecule has 2 aliphatic rings. The van der Waals surface area contributed by atoms with Crippen LogP contribution in [0.15, 0.2) is 36.4 Å². The lowest BCUT2D eigenvalue weighted by molar-refractivity contribution is 0.220. The van der Waals surface area contributed by atoms with E-state index in [1.54, 1.807) is 14.2 Å². The Morgan fingerprint density at radius 1 is 0.815 bits per heavy atom. The molecule has 0 radical (unpaired) electrons. The molecule has 1 N–H and O–H groups in total. The first-order valence-corrected chi connectivity index (χ1v) is 9.81. The Balaban J connectivity index is 0.000000659. The van der Waals surface area contributed by atoms with Gasteiger partial charge < -0.3 is 19.6 Å². The summed E-state index contributed by atoms with van der Waals surface area (Å²) < 4.78 is 4.25. The molecule has 0 spiro atoms. The van der Waals surface area contributed by atoms with Gasteiger partial charge >= 0.3 is 0 Å². The van der Waals surface area contributed by atoms with Crippen molar-refractivity contribution in [1.82, 2.24) is 0 Å². The maximum atomic E-state index is 10.9. The number of methoxy groups -OCH3 is 1. The summed E-state index contributed by atoms with van der Waals surface area (Å²) in [7, 11) is 7.54. The van der Waals surface area contributed by atoms with E-state index < -0.39 is 6.10 Å². The Labute approximate surface area is 163 Å². The first kappa shape index (κ1) is 19.7. The van der Waals surface area contributed by atoms with Crippen LogP contribution in [0.4, 0.5) is 11.4 Å². The van der Waals surface area contributed by atoms with Crippen LogP contribution in [0, 0.1) is 0 Å². The third-order valence-electron chi connectivity index (χ3n) is 5.54. The third kappa shape index (κ3) is 4.28. The topological polar surface area (TPSA) is 35.9 Å². The molecule has 2 heterocycles. The van der Waals surface area contributed by atoms with Gasteiger partial charge in [-0.1, -0.05) is 24.3 Å². The zero-order valence-corrected chi connectivity index (χ0v) is 17.0. The van der Waals surface area contributed by atoms with Crippen molar-refractivity contribution in [3.05, 3.63) is 58.7 Å². The van der Waals surface area contributed by atoms with Crippen LogP contribution in [-0.4, -0.2) is 46.5 Å². The number of aliphatic hydroxyl groups is 1. The molecule has 0 fully saturated rings. The van der Waals surface area contributed by atoms with Crippen molar-refractivity contribution in [1.29, 1.82) is 0 Å². The largest absolute Gasteiger partial charge is 0.388 e. The summed E-state index contributed by atoms with van der Waals surface area (Å²) in [5.41, 5.74) is 7.35. The highest BCUT2D eigenvalue weighted by Crippen LogP contribution is 2.33. The van der Waals surface area contributed by atoms with E-state index in [1.807, 2.05) is 0 Å². The smallest absolute Gasteiger partial charge is 0.104 e. The van der Waals surface area contributed by atoms with Crippen molar-refractivity contribution in [3.63, 3.8) is 0 Å². The lowest BCUT2D eigenvalue weighted by Gasteiger charge is -2.29. The fourth-order valence-electron chi connectivity index (χ4n) is 4.14. The highest BCUT2D eigenvalue weighted by Gasteiger charge is 2.19. The number of nitrogens with zero attached hydrogens (tertiary/aromatic N) is 2. The maximum Gasteiger partial charge on any atom is 0.104 e. The van der Waals surface area contributed by atoms with E-state index in [0.29, 0.717) is 0 Å². The van der Waals surface area contributed by atoms with Crippen molar-refractivity contribution in [2.75, 3.05) is 51.2 Å². The van der Waals surface area contributed by atoms with Gasteiger partial charge in [-0.3, -0.25) is 0 Å². The first-order chi connectivity index (χ1) is 13.0. The minimum Gasteiger partial charge on any atom is -0.388 e.